The SMILES string of the molecule is CCC(=O)Cc1ccc(Sc2nc(NC3=NCC(C(C)(C)C)=C3)nc(N3CCN(C)CC3)n2)cc1. The summed E-state index contributed by atoms with van der Waals surface area (Å²) in [7, 11) is 2.13. The van der Waals surface area contributed by atoms with E-state index in [1.54, 1.807) is 0 Å². The van der Waals surface area contributed by atoms with Crippen molar-refractivity contribution in [2.45, 2.75) is 50.6 Å². The number of amidine groups is 1. The Balaban J connectivity index is 1.56. The molecule has 0 bridgehead atoms. The first-order chi connectivity index (χ1) is 16.7. The highest BCUT2D eigenvalue weighted by molar-refractivity contribution is 7.99. The number of Topliss-reactive ketones (excluding diaryl/α,β-unsaturated/α-hetero) is 1. The van der Waals surface area contributed by atoms with Crippen LogP contribution >= 0.6 is 11.8 Å². The Kier molecular flexibility index (Phi) is 7.86. The van der Waals surface area contributed by atoms with Crippen molar-refractivity contribution < 1.29 is 4.79 Å². The molecule has 2 aliphatic rings. The van der Waals surface area contributed by atoms with Crippen LogP contribution in [0.2, 0.25) is 0 Å². The molecule has 9 heteroatoms. The standard InChI is InChI=1S/C26H35N7OS/c1-6-20(34)15-18-7-9-21(10-8-18)35-25-30-23(28-22-16-19(17-27-22)26(2,3)4)29-24(31-25)33-13-11-32(5)12-14-33/h7-10,16H,6,11-15,17H2,1-5H3,(H,27,28,29,30,31). The Morgan fingerprint density at radius 1 is 1.06 bits per heavy atom. The number of likely N-dealkylation sites (N-methyl/N-ethyl adjacent to an activating group) is 1. The number of nitrogens with zero attached hydrogens (tertiary/aromatic N) is 6. The number of nitrogens with one attached hydrogen (secondary N) is 1. The summed E-state index contributed by atoms with van der Waals surface area (Å²) < 4.78 is 0. The fraction of sp³-hybridized carbons (Fsp3) is 0.500. The fourth-order valence-electron chi connectivity index (χ4n) is 3.80. The molecule has 1 aromatic heterocycles. The van der Waals surface area contributed by atoms with Crippen LogP contribution in [0.5, 0.6) is 0 Å². The van der Waals surface area contributed by atoms with Gasteiger partial charge in [-0.2, -0.15) is 15.0 Å². The molecule has 4 rings (SSSR count). The van der Waals surface area contributed by atoms with Gasteiger partial charge in [0, 0.05) is 43.9 Å². The molecule has 35 heavy (non-hydrogen) atoms. The number of benzene rings is 1. The van der Waals surface area contributed by atoms with Gasteiger partial charge in [0.1, 0.15) is 11.6 Å². The Hall–Kier alpha value is -2.78. The van der Waals surface area contributed by atoms with Crippen LogP contribution in [0.25, 0.3) is 0 Å². The molecular formula is C26H35N7OS. The molecule has 8 nitrogen and oxygen atoms in total. The molecule has 3 heterocycles. The van der Waals surface area contributed by atoms with E-state index in [-0.39, 0.29) is 11.2 Å². The summed E-state index contributed by atoms with van der Waals surface area (Å²) in [5.41, 5.74) is 2.38. The van der Waals surface area contributed by atoms with Crippen molar-refractivity contribution >= 4 is 35.3 Å². The first-order valence-corrected chi connectivity index (χ1v) is 13.0. The van der Waals surface area contributed by atoms with E-state index in [4.69, 9.17) is 15.0 Å². The first-order valence-electron chi connectivity index (χ1n) is 12.2. The molecular weight excluding hydrogens is 458 g/mol. The molecule has 0 atom stereocenters. The zero-order chi connectivity index (χ0) is 25.0. The lowest BCUT2D eigenvalue weighted by Crippen LogP contribution is -2.45. The largest absolute Gasteiger partial charge is 0.338 e. The molecule has 0 radical (unpaired) electrons. The van der Waals surface area contributed by atoms with E-state index in [0.29, 0.717) is 36.4 Å². The van der Waals surface area contributed by atoms with Crippen molar-refractivity contribution in [3.05, 3.63) is 41.5 Å². The molecule has 0 aliphatic carbocycles. The molecule has 0 saturated carbocycles. The average molecular weight is 494 g/mol. The van der Waals surface area contributed by atoms with Gasteiger partial charge in [-0.05, 0) is 53.6 Å². The van der Waals surface area contributed by atoms with E-state index < -0.39 is 0 Å². The van der Waals surface area contributed by atoms with Crippen LogP contribution in [0.3, 0.4) is 0 Å². The topological polar surface area (TPSA) is 86.6 Å². The smallest absolute Gasteiger partial charge is 0.234 e. The number of anilines is 2. The molecule has 0 spiro atoms. The number of ketones is 1. The van der Waals surface area contributed by atoms with Crippen LogP contribution in [0, 0.1) is 5.41 Å². The second-order valence-electron chi connectivity index (χ2n) is 10.1. The number of rotatable bonds is 7. The minimum Gasteiger partial charge on any atom is -0.338 e. The number of carbonyl (C=O) groups excluding carboxylic acids is 1. The van der Waals surface area contributed by atoms with Gasteiger partial charge in [0.2, 0.25) is 11.9 Å². The molecule has 186 valence electrons. The van der Waals surface area contributed by atoms with Crippen molar-refractivity contribution in [1.29, 1.82) is 0 Å². The van der Waals surface area contributed by atoms with Crippen molar-refractivity contribution in [3.63, 3.8) is 0 Å². The van der Waals surface area contributed by atoms with Crippen LogP contribution in [-0.2, 0) is 11.2 Å². The molecule has 2 aromatic rings. The van der Waals surface area contributed by atoms with Gasteiger partial charge in [-0.25, -0.2) is 0 Å². The van der Waals surface area contributed by atoms with E-state index in [0.717, 1.165) is 42.5 Å². The van der Waals surface area contributed by atoms with Crippen molar-refractivity contribution in [2.24, 2.45) is 10.4 Å². The maximum absolute atomic E-state index is 11.8. The lowest BCUT2D eigenvalue weighted by Gasteiger charge is -2.32. The molecule has 1 saturated heterocycles. The van der Waals surface area contributed by atoms with Crippen LogP contribution in [-0.4, -0.2) is 71.2 Å². The number of carbonyl (C=O) groups is 1. The van der Waals surface area contributed by atoms with E-state index in [2.05, 4.69) is 54.0 Å². The number of hydrogen-bond acceptors (Lipinski definition) is 9. The first kappa shape index (κ1) is 25.3. The number of hydrogen-bond donors (Lipinski definition) is 1. The van der Waals surface area contributed by atoms with Gasteiger partial charge in [0.05, 0.1) is 6.54 Å². The summed E-state index contributed by atoms with van der Waals surface area (Å²) in [5, 5.41) is 3.95. The van der Waals surface area contributed by atoms with E-state index >= 15 is 0 Å². The predicted octanol–water partition coefficient (Wildman–Crippen LogP) is 4.09. The molecule has 1 N–H and O–H groups in total. The second-order valence-corrected chi connectivity index (χ2v) is 11.1. The van der Waals surface area contributed by atoms with Gasteiger partial charge in [0.15, 0.2) is 5.16 Å². The normalized spacial score (nSPS) is 16.8. The van der Waals surface area contributed by atoms with Crippen molar-refractivity contribution in [3.8, 4) is 0 Å². The highest BCUT2D eigenvalue weighted by Crippen LogP contribution is 2.29. The van der Waals surface area contributed by atoms with Crippen LogP contribution in [0.1, 0.15) is 39.7 Å². The Morgan fingerprint density at radius 2 is 1.77 bits per heavy atom. The van der Waals surface area contributed by atoms with Crippen LogP contribution < -0.4 is 10.2 Å². The van der Waals surface area contributed by atoms with Gasteiger partial charge in [0.25, 0.3) is 0 Å². The Morgan fingerprint density at radius 3 is 2.40 bits per heavy atom. The minimum atomic E-state index is 0.0753. The van der Waals surface area contributed by atoms with E-state index in [1.807, 2.05) is 31.2 Å². The molecule has 2 aliphatic heterocycles. The summed E-state index contributed by atoms with van der Waals surface area (Å²) in [6, 6.07) is 8.05. The quantitative estimate of drug-likeness (QED) is 0.617. The summed E-state index contributed by atoms with van der Waals surface area (Å²) in [6.45, 7) is 12.9. The van der Waals surface area contributed by atoms with Gasteiger partial charge in [-0.1, -0.05) is 39.8 Å². The second kappa shape index (κ2) is 10.9. The monoisotopic (exact) mass is 493 g/mol. The molecule has 0 amide bonds. The molecule has 1 fully saturated rings. The zero-order valence-corrected chi connectivity index (χ0v) is 22.2. The summed E-state index contributed by atoms with van der Waals surface area (Å²) >= 11 is 1.50. The minimum absolute atomic E-state index is 0.0753. The number of piperazine rings is 1. The molecule has 1 aromatic carbocycles. The third kappa shape index (κ3) is 6.89. The summed E-state index contributed by atoms with van der Waals surface area (Å²) in [4.78, 5) is 36.2. The van der Waals surface area contributed by atoms with Crippen LogP contribution in [0.15, 0.2) is 51.0 Å². The predicted molar refractivity (Wildman–Crippen MR) is 143 cm³/mol. The summed E-state index contributed by atoms with van der Waals surface area (Å²) in [5.74, 6) is 2.22. The fourth-order valence-corrected chi connectivity index (χ4v) is 4.54. The van der Waals surface area contributed by atoms with Crippen molar-refractivity contribution in [1.82, 2.24) is 19.9 Å². The van der Waals surface area contributed by atoms with Gasteiger partial charge in [-0.15, -0.1) is 0 Å². The lowest BCUT2D eigenvalue weighted by molar-refractivity contribution is -0.118. The third-order valence-corrected chi connectivity index (χ3v) is 7.12. The average Bonchev–Trinajstić information content (AvgIpc) is 3.30. The number of aromatic nitrogens is 3. The highest BCUT2D eigenvalue weighted by atomic mass is 32.2. The van der Waals surface area contributed by atoms with Crippen molar-refractivity contribution in [2.75, 3.05) is 50.0 Å². The zero-order valence-electron chi connectivity index (χ0n) is 21.3. The maximum Gasteiger partial charge on any atom is 0.234 e. The lowest BCUT2D eigenvalue weighted by atomic mass is 9.87. The van der Waals surface area contributed by atoms with E-state index in [9.17, 15) is 4.79 Å². The van der Waals surface area contributed by atoms with Gasteiger partial charge < -0.3 is 15.1 Å². The van der Waals surface area contributed by atoms with Gasteiger partial charge in [-0.3, -0.25) is 9.79 Å². The number of aliphatic imine (C=N–C) groups is 1. The van der Waals surface area contributed by atoms with E-state index in [1.165, 1.54) is 17.3 Å². The summed E-state index contributed by atoms with van der Waals surface area (Å²) in [6.07, 6.45) is 3.13. The van der Waals surface area contributed by atoms with Crippen LogP contribution in [0.4, 0.5) is 11.9 Å². The Labute approximate surface area is 212 Å². The van der Waals surface area contributed by atoms with Gasteiger partial charge >= 0.3 is 0 Å². The maximum atomic E-state index is 11.8. The Bertz CT molecular complexity index is 1110. The third-order valence-electron chi connectivity index (χ3n) is 6.25. The highest BCUT2D eigenvalue weighted by Gasteiger charge is 2.23. The molecule has 0 unspecified atom stereocenters.